The van der Waals surface area contributed by atoms with E-state index in [9.17, 15) is 4.79 Å². The van der Waals surface area contributed by atoms with E-state index in [-0.39, 0.29) is 5.75 Å². The maximum atomic E-state index is 10.7. The van der Waals surface area contributed by atoms with Gasteiger partial charge in [-0.2, -0.15) is 0 Å². The SMILES string of the molecule is O=C(O)CSc1nnc(-c2ccccc2)n1C1CCC1. The molecule has 1 aliphatic rings. The lowest BCUT2D eigenvalue weighted by molar-refractivity contribution is -0.133. The van der Waals surface area contributed by atoms with E-state index in [4.69, 9.17) is 5.11 Å². The van der Waals surface area contributed by atoms with E-state index < -0.39 is 5.97 Å². The van der Waals surface area contributed by atoms with Gasteiger partial charge in [0.2, 0.25) is 0 Å². The molecule has 1 heterocycles. The van der Waals surface area contributed by atoms with Crippen LogP contribution in [0.15, 0.2) is 35.5 Å². The van der Waals surface area contributed by atoms with Crippen LogP contribution >= 0.6 is 11.8 Å². The first-order valence-electron chi connectivity index (χ1n) is 6.60. The molecule has 1 aliphatic carbocycles. The number of benzene rings is 1. The number of hydrogen-bond acceptors (Lipinski definition) is 4. The molecule has 1 aromatic carbocycles. The van der Waals surface area contributed by atoms with Gasteiger partial charge in [0.1, 0.15) is 0 Å². The van der Waals surface area contributed by atoms with Crippen LogP contribution in [0.1, 0.15) is 25.3 Å². The van der Waals surface area contributed by atoms with Gasteiger partial charge >= 0.3 is 5.97 Å². The van der Waals surface area contributed by atoms with Crippen molar-refractivity contribution in [1.29, 1.82) is 0 Å². The van der Waals surface area contributed by atoms with Crippen molar-refractivity contribution in [2.24, 2.45) is 0 Å². The van der Waals surface area contributed by atoms with Crippen LogP contribution in [0.25, 0.3) is 11.4 Å². The van der Waals surface area contributed by atoms with E-state index >= 15 is 0 Å². The summed E-state index contributed by atoms with van der Waals surface area (Å²) in [5.41, 5.74) is 1.02. The summed E-state index contributed by atoms with van der Waals surface area (Å²) in [4.78, 5) is 10.7. The Morgan fingerprint density at radius 3 is 2.65 bits per heavy atom. The Morgan fingerprint density at radius 1 is 1.30 bits per heavy atom. The Balaban J connectivity index is 1.95. The standard InChI is InChI=1S/C14H15N3O2S/c18-12(19)9-20-14-16-15-13(10-5-2-1-3-6-10)17(14)11-7-4-8-11/h1-3,5-6,11H,4,7-9H2,(H,18,19). The summed E-state index contributed by atoms with van der Waals surface area (Å²) in [6, 6.07) is 10.3. The molecule has 0 bridgehead atoms. The summed E-state index contributed by atoms with van der Waals surface area (Å²) >= 11 is 1.24. The predicted molar refractivity (Wildman–Crippen MR) is 76.7 cm³/mol. The lowest BCUT2D eigenvalue weighted by Crippen LogP contribution is -2.19. The van der Waals surface area contributed by atoms with Crippen LogP contribution in [0.2, 0.25) is 0 Å². The maximum absolute atomic E-state index is 10.7. The highest BCUT2D eigenvalue weighted by molar-refractivity contribution is 7.99. The van der Waals surface area contributed by atoms with Gasteiger partial charge in [-0.25, -0.2) is 0 Å². The topological polar surface area (TPSA) is 68.0 Å². The molecule has 2 aromatic rings. The summed E-state index contributed by atoms with van der Waals surface area (Å²) in [7, 11) is 0. The van der Waals surface area contributed by atoms with Gasteiger partial charge in [0.25, 0.3) is 0 Å². The zero-order valence-corrected chi connectivity index (χ0v) is 11.7. The number of rotatable bonds is 5. The van der Waals surface area contributed by atoms with Crippen molar-refractivity contribution >= 4 is 17.7 Å². The molecule has 5 nitrogen and oxygen atoms in total. The third kappa shape index (κ3) is 2.56. The summed E-state index contributed by atoms with van der Waals surface area (Å²) in [6.45, 7) is 0. The van der Waals surface area contributed by atoms with Crippen molar-refractivity contribution < 1.29 is 9.90 Å². The first-order valence-corrected chi connectivity index (χ1v) is 7.59. The first kappa shape index (κ1) is 13.2. The molecular formula is C14H15N3O2S. The molecule has 0 spiro atoms. The number of carboxylic acids is 1. The van der Waals surface area contributed by atoms with Gasteiger partial charge in [0.05, 0.1) is 5.75 Å². The quantitative estimate of drug-likeness (QED) is 0.857. The number of hydrogen-bond donors (Lipinski definition) is 1. The zero-order valence-electron chi connectivity index (χ0n) is 10.9. The van der Waals surface area contributed by atoms with Crippen LogP contribution in [-0.4, -0.2) is 31.6 Å². The minimum absolute atomic E-state index is 0.0135. The van der Waals surface area contributed by atoms with Crippen molar-refractivity contribution in [3.05, 3.63) is 30.3 Å². The second-order valence-corrected chi connectivity index (χ2v) is 5.75. The van der Waals surface area contributed by atoms with E-state index in [1.807, 2.05) is 30.3 Å². The fraction of sp³-hybridized carbons (Fsp3) is 0.357. The lowest BCUT2D eigenvalue weighted by Gasteiger charge is -2.29. The highest BCUT2D eigenvalue weighted by atomic mass is 32.2. The molecule has 0 unspecified atom stereocenters. The molecule has 6 heteroatoms. The van der Waals surface area contributed by atoms with Crippen LogP contribution < -0.4 is 0 Å². The van der Waals surface area contributed by atoms with Crippen LogP contribution in [0.4, 0.5) is 0 Å². The van der Waals surface area contributed by atoms with Crippen molar-refractivity contribution in [1.82, 2.24) is 14.8 Å². The van der Waals surface area contributed by atoms with Gasteiger partial charge in [-0.1, -0.05) is 42.1 Å². The maximum Gasteiger partial charge on any atom is 0.313 e. The Kier molecular flexibility index (Phi) is 3.73. The van der Waals surface area contributed by atoms with Crippen molar-refractivity contribution in [3.8, 4) is 11.4 Å². The molecule has 104 valence electrons. The number of nitrogens with zero attached hydrogens (tertiary/aromatic N) is 3. The number of carbonyl (C=O) groups is 1. The van der Waals surface area contributed by atoms with Crippen LogP contribution in [0.3, 0.4) is 0 Å². The Morgan fingerprint density at radius 2 is 2.05 bits per heavy atom. The molecule has 0 aliphatic heterocycles. The smallest absolute Gasteiger partial charge is 0.313 e. The number of carboxylic acid groups (broad SMARTS) is 1. The molecule has 20 heavy (non-hydrogen) atoms. The van der Waals surface area contributed by atoms with E-state index in [1.54, 1.807) is 0 Å². The molecule has 1 N–H and O–H groups in total. The molecular weight excluding hydrogens is 274 g/mol. The van der Waals surface area contributed by atoms with E-state index in [1.165, 1.54) is 18.2 Å². The van der Waals surface area contributed by atoms with Crippen molar-refractivity contribution in [3.63, 3.8) is 0 Å². The van der Waals surface area contributed by atoms with E-state index in [2.05, 4.69) is 14.8 Å². The summed E-state index contributed by atoms with van der Waals surface area (Å²) in [6.07, 6.45) is 3.43. The largest absolute Gasteiger partial charge is 0.481 e. The fourth-order valence-electron chi connectivity index (χ4n) is 2.26. The van der Waals surface area contributed by atoms with E-state index in [0.29, 0.717) is 11.2 Å². The van der Waals surface area contributed by atoms with Gasteiger partial charge in [0, 0.05) is 11.6 Å². The zero-order chi connectivity index (χ0) is 13.9. The molecule has 0 radical (unpaired) electrons. The third-order valence-corrected chi connectivity index (χ3v) is 4.39. The average Bonchev–Trinajstić information content (AvgIpc) is 2.79. The third-order valence-electron chi connectivity index (χ3n) is 3.46. The van der Waals surface area contributed by atoms with E-state index in [0.717, 1.165) is 24.2 Å². The Bertz CT molecular complexity index is 608. The molecule has 1 saturated carbocycles. The molecule has 1 aromatic heterocycles. The Hall–Kier alpha value is -1.82. The van der Waals surface area contributed by atoms with Gasteiger partial charge in [-0.3, -0.25) is 9.36 Å². The molecule has 1 fully saturated rings. The highest BCUT2D eigenvalue weighted by Crippen LogP contribution is 2.38. The number of thioether (sulfide) groups is 1. The normalized spacial score (nSPS) is 15.0. The lowest BCUT2D eigenvalue weighted by atomic mass is 9.92. The van der Waals surface area contributed by atoms with Gasteiger partial charge in [-0.15, -0.1) is 10.2 Å². The second-order valence-electron chi connectivity index (χ2n) is 4.81. The Labute approximate surface area is 121 Å². The van der Waals surface area contributed by atoms with Gasteiger partial charge < -0.3 is 5.11 Å². The van der Waals surface area contributed by atoms with Crippen molar-refractivity contribution in [2.75, 3.05) is 5.75 Å². The number of aromatic nitrogens is 3. The molecule has 3 rings (SSSR count). The summed E-state index contributed by atoms with van der Waals surface area (Å²) in [5, 5.41) is 18.0. The molecule has 0 atom stereocenters. The average molecular weight is 289 g/mol. The minimum atomic E-state index is -0.834. The molecule has 0 amide bonds. The predicted octanol–water partition coefficient (Wildman–Crippen LogP) is 2.85. The van der Waals surface area contributed by atoms with Crippen LogP contribution in [0, 0.1) is 0 Å². The second kappa shape index (κ2) is 5.66. The summed E-state index contributed by atoms with van der Waals surface area (Å²) in [5.74, 6) is 0.0160. The van der Waals surface area contributed by atoms with Gasteiger partial charge in [-0.05, 0) is 19.3 Å². The van der Waals surface area contributed by atoms with Crippen LogP contribution in [0.5, 0.6) is 0 Å². The number of aliphatic carboxylic acids is 1. The van der Waals surface area contributed by atoms with Gasteiger partial charge in [0.15, 0.2) is 11.0 Å². The highest BCUT2D eigenvalue weighted by Gasteiger charge is 2.26. The van der Waals surface area contributed by atoms with Crippen LogP contribution in [-0.2, 0) is 4.79 Å². The van der Waals surface area contributed by atoms with Crippen molar-refractivity contribution in [2.45, 2.75) is 30.5 Å². The molecule has 0 saturated heterocycles. The first-order chi connectivity index (χ1) is 9.75. The fourth-order valence-corrected chi connectivity index (χ4v) is 2.99. The monoisotopic (exact) mass is 289 g/mol. The minimum Gasteiger partial charge on any atom is -0.481 e. The summed E-state index contributed by atoms with van der Waals surface area (Å²) < 4.78 is 2.10.